The SMILES string of the molecule is CC(C)Oc1ccc(N2C(=S)N(c3ccc(C#N)c(C(F)(F)F)c3)C(=O)C2(C)C)cc1. The lowest BCUT2D eigenvalue weighted by Gasteiger charge is -2.29. The van der Waals surface area contributed by atoms with Gasteiger partial charge in [-0.25, -0.2) is 0 Å². The summed E-state index contributed by atoms with van der Waals surface area (Å²) in [5.41, 5.74) is -2.22. The number of alkyl halides is 3. The number of carbonyl (C=O) groups excluding carboxylic acids is 1. The van der Waals surface area contributed by atoms with Crippen LogP contribution in [0.25, 0.3) is 0 Å². The van der Waals surface area contributed by atoms with Gasteiger partial charge in [-0.2, -0.15) is 18.4 Å². The molecule has 31 heavy (non-hydrogen) atoms. The van der Waals surface area contributed by atoms with Gasteiger partial charge in [0.25, 0.3) is 5.91 Å². The van der Waals surface area contributed by atoms with Gasteiger partial charge >= 0.3 is 6.18 Å². The first-order valence-electron chi connectivity index (χ1n) is 9.44. The minimum atomic E-state index is -4.74. The van der Waals surface area contributed by atoms with Crippen molar-refractivity contribution in [2.24, 2.45) is 0 Å². The van der Waals surface area contributed by atoms with Gasteiger partial charge < -0.3 is 9.64 Å². The topological polar surface area (TPSA) is 56.6 Å². The zero-order valence-corrected chi connectivity index (χ0v) is 18.1. The average molecular weight is 447 g/mol. The quantitative estimate of drug-likeness (QED) is 0.597. The van der Waals surface area contributed by atoms with Crippen LogP contribution in [0.2, 0.25) is 0 Å². The van der Waals surface area contributed by atoms with Crippen LogP contribution in [0.4, 0.5) is 24.5 Å². The molecule has 0 bridgehead atoms. The number of amides is 1. The second-order valence-electron chi connectivity index (χ2n) is 7.82. The molecule has 0 aromatic heterocycles. The summed E-state index contributed by atoms with van der Waals surface area (Å²) in [6.07, 6.45) is -4.75. The second-order valence-corrected chi connectivity index (χ2v) is 8.18. The van der Waals surface area contributed by atoms with E-state index in [-0.39, 0.29) is 16.9 Å². The van der Waals surface area contributed by atoms with Crippen LogP contribution in [0.5, 0.6) is 5.75 Å². The third-order valence-electron chi connectivity index (χ3n) is 4.82. The highest BCUT2D eigenvalue weighted by Gasteiger charge is 2.50. The molecule has 0 unspecified atom stereocenters. The summed E-state index contributed by atoms with van der Waals surface area (Å²) in [5, 5.41) is 9.06. The van der Waals surface area contributed by atoms with Crippen molar-refractivity contribution in [3.05, 3.63) is 53.6 Å². The largest absolute Gasteiger partial charge is 0.491 e. The molecule has 2 aromatic carbocycles. The maximum atomic E-state index is 13.4. The molecule has 0 spiro atoms. The Morgan fingerprint density at radius 1 is 1.10 bits per heavy atom. The van der Waals surface area contributed by atoms with Crippen molar-refractivity contribution >= 4 is 34.6 Å². The van der Waals surface area contributed by atoms with Crippen LogP contribution in [0.3, 0.4) is 0 Å². The first kappa shape index (κ1) is 22.6. The van der Waals surface area contributed by atoms with Crippen molar-refractivity contribution in [1.82, 2.24) is 0 Å². The summed E-state index contributed by atoms with van der Waals surface area (Å²) in [7, 11) is 0. The van der Waals surface area contributed by atoms with E-state index in [1.165, 1.54) is 12.1 Å². The Kier molecular flexibility index (Phi) is 5.72. The summed E-state index contributed by atoms with van der Waals surface area (Å²) < 4.78 is 45.9. The molecule has 9 heteroatoms. The Hall–Kier alpha value is -3.12. The number of nitrogens with zero attached hydrogens (tertiary/aromatic N) is 3. The minimum absolute atomic E-state index is 0.00793. The van der Waals surface area contributed by atoms with Crippen molar-refractivity contribution in [2.75, 3.05) is 9.80 Å². The van der Waals surface area contributed by atoms with E-state index >= 15 is 0 Å². The van der Waals surface area contributed by atoms with E-state index in [1.54, 1.807) is 43.0 Å². The van der Waals surface area contributed by atoms with Crippen LogP contribution in [-0.2, 0) is 11.0 Å². The predicted octanol–water partition coefficient (Wildman–Crippen LogP) is 5.28. The summed E-state index contributed by atoms with van der Waals surface area (Å²) in [5.74, 6) is 0.171. The molecule has 2 aromatic rings. The van der Waals surface area contributed by atoms with Crippen LogP contribution in [0.15, 0.2) is 42.5 Å². The zero-order chi connectivity index (χ0) is 23.1. The minimum Gasteiger partial charge on any atom is -0.491 e. The highest BCUT2D eigenvalue weighted by molar-refractivity contribution is 7.81. The molecule has 0 aliphatic carbocycles. The number of carbonyl (C=O) groups is 1. The Bertz CT molecular complexity index is 1070. The van der Waals surface area contributed by atoms with Gasteiger partial charge in [0.1, 0.15) is 11.3 Å². The normalized spacial score (nSPS) is 16.1. The van der Waals surface area contributed by atoms with Gasteiger partial charge in [-0.1, -0.05) is 0 Å². The number of hydrogen-bond donors (Lipinski definition) is 0. The van der Waals surface area contributed by atoms with Crippen molar-refractivity contribution in [2.45, 2.75) is 45.5 Å². The van der Waals surface area contributed by atoms with Crippen LogP contribution in [-0.4, -0.2) is 22.7 Å². The summed E-state index contributed by atoms with van der Waals surface area (Å²) in [6.45, 7) is 7.09. The fourth-order valence-corrected chi connectivity index (χ4v) is 3.93. The van der Waals surface area contributed by atoms with Gasteiger partial charge in [0.05, 0.1) is 29.0 Å². The van der Waals surface area contributed by atoms with E-state index in [9.17, 15) is 18.0 Å². The molecule has 5 nitrogen and oxygen atoms in total. The predicted molar refractivity (Wildman–Crippen MR) is 115 cm³/mol. The van der Waals surface area contributed by atoms with Gasteiger partial charge in [-0.15, -0.1) is 0 Å². The highest BCUT2D eigenvalue weighted by Crippen LogP contribution is 2.39. The lowest BCUT2D eigenvalue weighted by Crippen LogP contribution is -2.44. The first-order valence-corrected chi connectivity index (χ1v) is 9.85. The van der Waals surface area contributed by atoms with Gasteiger partial charge in [-0.05, 0) is 82.4 Å². The van der Waals surface area contributed by atoms with Crippen molar-refractivity contribution < 1.29 is 22.7 Å². The Morgan fingerprint density at radius 3 is 2.19 bits per heavy atom. The van der Waals surface area contributed by atoms with Crippen LogP contribution in [0.1, 0.15) is 38.8 Å². The lowest BCUT2D eigenvalue weighted by molar-refractivity contribution is -0.137. The van der Waals surface area contributed by atoms with Crippen LogP contribution < -0.4 is 14.5 Å². The van der Waals surface area contributed by atoms with Crippen molar-refractivity contribution in [3.8, 4) is 11.8 Å². The molecule has 0 atom stereocenters. The average Bonchev–Trinajstić information content (AvgIpc) is 2.85. The molecule has 0 radical (unpaired) electrons. The molecule has 162 valence electrons. The van der Waals surface area contributed by atoms with Gasteiger partial charge in [-0.3, -0.25) is 9.69 Å². The Labute approximate surface area is 183 Å². The van der Waals surface area contributed by atoms with E-state index in [0.717, 1.165) is 17.0 Å². The molecule has 1 amide bonds. The summed E-state index contributed by atoms with van der Waals surface area (Å²) in [4.78, 5) is 15.8. The van der Waals surface area contributed by atoms with E-state index in [2.05, 4.69) is 0 Å². The van der Waals surface area contributed by atoms with Gasteiger partial charge in [0.2, 0.25) is 0 Å². The monoisotopic (exact) mass is 447 g/mol. The number of halogens is 3. The Balaban J connectivity index is 2.03. The molecule has 3 rings (SSSR count). The van der Waals surface area contributed by atoms with Crippen LogP contribution in [0, 0.1) is 11.3 Å². The molecule has 1 heterocycles. The number of ether oxygens (including phenoxy) is 1. The molecular formula is C22H20F3N3O2S. The number of nitriles is 1. The van der Waals surface area contributed by atoms with E-state index in [4.69, 9.17) is 22.2 Å². The number of thiocarbonyl (C=S) groups is 1. The third kappa shape index (κ3) is 4.08. The fraction of sp³-hybridized carbons (Fsp3) is 0.318. The molecule has 0 N–H and O–H groups in total. The highest BCUT2D eigenvalue weighted by atomic mass is 32.1. The first-order chi connectivity index (χ1) is 14.4. The van der Waals surface area contributed by atoms with E-state index in [1.807, 2.05) is 13.8 Å². The molecule has 0 saturated carbocycles. The molecule has 1 aliphatic heterocycles. The number of anilines is 2. The van der Waals surface area contributed by atoms with Gasteiger partial charge in [0.15, 0.2) is 5.11 Å². The molecule has 1 aliphatic rings. The van der Waals surface area contributed by atoms with Gasteiger partial charge in [0, 0.05) is 5.69 Å². The Morgan fingerprint density at radius 2 is 1.68 bits per heavy atom. The maximum Gasteiger partial charge on any atom is 0.417 e. The van der Waals surface area contributed by atoms with Crippen LogP contribution >= 0.6 is 12.2 Å². The number of hydrogen-bond acceptors (Lipinski definition) is 4. The maximum absolute atomic E-state index is 13.4. The summed E-state index contributed by atoms with van der Waals surface area (Å²) >= 11 is 5.51. The van der Waals surface area contributed by atoms with E-state index < -0.39 is 28.7 Å². The molecular weight excluding hydrogens is 427 g/mol. The number of rotatable bonds is 4. The standard InChI is InChI=1S/C22H20F3N3O2S/c1-13(2)30-17-9-7-15(8-10-17)28-20(31)27(19(29)21(28,3)4)16-6-5-14(12-26)18(11-16)22(23,24)25/h5-11,13H,1-4H3. The van der Waals surface area contributed by atoms with Crippen molar-refractivity contribution in [1.29, 1.82) is 5.26 Å². The summed E-state index contributed by atoms with van der Waals surface area (Å²) in [6, 6.07) is 11.6. The fourth-order valence-electron chi connectivity index (χ4n) is 3.41. The molecule has 1 saturated heterocycles. The third-order valence-corrected chi connectivity index (χ3v) is 5.19. The second kappa shape index (κ2) is 7.85. The smallest absolute Gasteiger partial charge is 0.417 e. The van der Waals surface area contributed by atoms with E-state index in [0.29, 0.717) is 11.4 Å². The molecule has 1 fully saturated rings. The lowest BCUT2D eigenvalue weighted by atomic mass is 10.0. The van der Waals surface area contributed by atoms with Crippen molar-refractivity contribution in [3.63, 3.8) is 0 Å². The number of benzene rings is 2. The zero-order valence-electron chi connectivity index (χ0n) is 17.3.